The first-order valence-electron chi connectivity index (χ1n) is 6.00. The molecule has 0 bridgehead atoms. The number of nitrogen functional groups attached to an aromatic ring is 1. The van der Waals surface area contributed by atoms with Crippen LogP contribution in [0, 0.1) is 5.82 Å². The van der Waals surface area contributed by atoms with E-state index in [0.29, 0.717) is 13.1 Å². The van der Waals surface area contributed by atoms with Gasteiger partial charge in [-0.15, -0.1) is 4.83 Å². The Morgan fingerprint density at radius 2 is 1.90 bits per heavy atom. The first kappa shape index (κ1) is 15.5. The number of hydrogen-bond donors (Lipinski definition) is 2. The number of halogens is 2. The van der Waals surface area contributed by atoms with E-state index in [2.05, 4.69) is 9.73 Å². The monoisotopic (exact) mass is 322 g/mol. The van der Waals surface area contributed by atoms with Crippen LogP contribution in [-0.2, 0) is 10.0 Å². The van der Waals surface area contributed by atoms with E-state index in [4.69, 9.17) is 17.3 Å². The number of sulfonamides is 1. The number of nitrogens with two attached hydrogens (primary N) is 1. The van der Waals surface area contributed by atoms with E-state index in [-0.39, 0.29) is 15.6 Å². The highest BCUT2D eigenvalue weighted by atomic mass is 35.5. The van der Waals surface area contributed by atoms with Gasteiger partial charge in [-0.2, -0.15) is 0 Å². The molecular formula is C11H16ClFN4O2S. The lowest BCUT2D eigenvalue weighted by Gasteiger charge is -2.32. The third kappa shape index (κ3) is 3.39. The zero-order chi connectivity index (χ0) is 14.9. The second-order valence-electron chi connectivity index (χ2n) is 4.69. The van der Waals surface area contributed by atoms with Gasteiger partial charge in [-0.05, 0) is 19.2 Å². The molecule has 0 atom stereocenters. The van der Waals surface area contributed by atoms with Gasteiger partial charge in [0.25, 0.3) is 10.0 Å². The maximum atomic E-state index is 13.2. The Bertz CT molecular complexity index is 603. The Hall–Kier alpha value is -0.930. The second kappa shape index (κ2) is 5.82. The molecule has 9 heteroatoms. The first-order chi connectivity index (χ1) is 9.29. The summed E-state index contributed by atoms with van der Waals surface area (Å²) in [6.07, 6.45) is 0. The fourth-order valence-corrected chi connectivity index (χ4v) is 3.54. The Labute approximate surface area is 122 Å². The predicted octanol–water partition coefficient (Wildman–Crippen LogP) is 0.502. The van der Waals surface area contributed by atoms with Gasteiger partial charge in [0.15, 0.2) is 0 Å². The molecule has 1 aromatic carbocycles. The van der Waals surface area contributed by atoms with E-state index in [1.165, 1.54) is 0 Å². The van der Waals surface area contributed by atoms with Crippen LogP contribution < -0.4 is 10.6 Å². The molecule has 0 spiro atoms. The Morgan fingerprint density at radius 3 is 2.50 bits per heavy atom. The number of hydrazine groups is 1. The van der Waals surface area contributed by atoms with Crippen molar-refractivity contribution in [3.05, 3.63) is 23.0 Å². The predicted molar refractivity (Wildman–Crippen MR) is 75.2 cm³/mol. The van der Waals surface area contributed by atoms with E-state index >= 15 is 0 Å². The minimum absolute atomic E-state index is 0.196. The van der Waals surface area contributed by atoms with Crippen molar-refractivity contribution in [2.24, 2.45) is 0 Å². The minimum Gasteiger partial charge on any atom is -0.396 e. The van der Waals surface area contributed by atoms with E-state index in [1.807, 2.05) is 7.05 Å². The molecule has 0 unspecified atom stereocenters. The minimum atomic E-state index is -3.87. The fourth-order valence-electron chi connectivity index (χ4n) is 1.87. The number of nitrogens with zero attached hydrogens (tertiary/aromatic N) is 2. The summed E-state index contributed by atoms with van der Waals surface area (Å²) in [5.41, 5.74) is 5.14. The molecule has 0 amide bonds. The van der Waals surface area contributed by atoms with Crippen molar-refractivity contribution >= 4 is 27.3 Å². The van der Waals surface area contributed by atoms with Crippen LogP contribution >= 0.6 is 11.6 Å². The molecule has 2 rings (SSSR count). The van der Waals surface area contributed by atoms with E-state index in [0.717, 1.165) is 25.2 Å². The second-order valence-corrected chi connectivity index (χ2v) is 6.73. The van der Waals surface area contributed by atoms with Gasteiger partial charge < -0.3 is 10.6 Å². The van der Waals surface area contributed by atoms with E-state index < -0.39 is 15.8 Å². The average molecular weight is 323 g/mol. The van der Waals surface area contributed by atoms with Crippen molar-refractivity contribution in [1.82, 2.24) is 14.7 Å². The van der Waals surface area contributed by atoms with Gasteiger partial charge in [-0.1, -0.05) is 11.6 Å². The molecule has 1 heterocycles. The van der Waals surface area contributed by atoms with Gasteiger partial charge in [-0.3, -0.25) is 0 Å². The molecule has 1 aliphatic rings. The van der Waals surface area contributed by atoms with Crippen LogP contribution in [0.2, 0.25) is 5.02 Å². The molecule has 6 nitrogen and oxygen atoms in total. The molecule has 1 fully saturated rings. The smallest absolute Gasteiger partial charge is 0.255 e. The van der Waals surface area contributed by atoms with E-state index in [9.17, 15) is 12.8 Å². The highest BCUT2D eigenvalue weighted by molar-refractivity contribution is 7.89. The van der Waals surface area contributed by atoms with Crippen LogP contribution in [0.3, 0.4) is 0 Å². The SMILES string of the molecule is CN1CCN(NS(=O)(=O)c2cc(N)c(F)cc2Cl)CC1. The lowest BCUT2D eigenvalue weighted by atomic mass is 10.3. The molecule has 0 aromatic heterocycles. The molecule has 1 saturated heterocycles. The topological polar surface area (TPSA) is 78.7 Å². The molecular weight excluding hydrogens is 307 g/mol. The van der Waals surface area contributed by atoms with Crippen LogP contribution in [0.25, 0.3) is 0 Å². The highest BCUT2D eigenvalue weighted by Crippen LogP contribution is 2.26. The molecule has 3 N–H and O–H groups in total. The van der Waals surface area contributed by atoms with Crippen molar-refractivity contribution in [1.29, 1.82) is 0 Å². The quantitative estimate of drug-likeness (QED) is 0.792. The van der Waals surface area contributed by atoms with Crippen molar-refractivity contribution < 1.29 is 12.8 Å². The first-order valence-corrected chi connectivity index (χ1v) is 7.86. The summed E-state index contributed by atoms with van der Waals surface area (Å²) in [6.45, 7) is 2.62. The van der Waals surface area contributed by atoms with E-state index in [1.54, 1.807) is 5.01 Å². The normalized spacial score (nSPS) is 18.4. The van der Waals surface area contributed by atoms with Gasteiger partial charge in [-0.25, -0.2) is 17.8 Å². The number of rotatable bonds is 3. The average Bonchev–Trinajstić information content (AvgIpc) is 2.36. The molecule has 0 saturated carbocycles. The number of nitrogens with one attached hydrogen (secondary N) is 1. The Morgan fingerprint density at radius 1 is 1.30 bits per heavy atom. The zero-order valence-electron chi connectivity index (χ0n) is 10.9. The summed E-state index contributed by atoms with van der Waals surface area (Å²) in [5, 5.41) is 1.39. The number of anilines is 1. The van der Waals surface area contributed by atoms with Crippen molar-refractivity contribution in [2.75, 3.05) is 39.0 Å². The summed E-state index contributed by atoms with van der Waals surface area (Å²) in [5.74, 6) is -0.742. The molecule has 20 heavy (non-hydrogen) atoms. The highest BCUT2D eigenvalue weighted by Gasteiger charge is 2.24. The number of piperazine rings is 1. The van der Waals surface area contributed by atoms with Crippen LogP contribution in [0.5, 0.6) is 0 Å². The third-order valence-electron chi connectivity index (χ3n) is 3.09. The van der Waals surface area contributed by atoms with Crippen LogP contribution in [0.4, 0.5) is 10.1 Å². The fraction of sp³-hybridized carbons (Fsp3) is 0.455. The van der Waals surface area contributed by atoms with Crippen LogP contribution in [0.1, 0.15) is 0 Å². The van der Waals surface area contributed by atoms with Crippen molar-refractivity contribution in [2.45, 2.75) is 4.90 Å². The summed E-state index contributed by atoms with van der Waals surface area (Å²) in [4.78, 5) is 4.30. The third-order valence-corrected chi connectivity index (χ3v) is 4.93. The maximum Gasteiger partial charge on any atom is 0.255 e. The largest absolute Gasteiger partial charge is 0.396 e. The van der Waals surface area contributed by atoms with Crippen LogP contribution in [0.15, 0.2) is 17.0 Å². The molecule has 0 aliphatic carbocycles. The number of benzene rings is 1. The van der Waals surface area contributed by atoms with Gasteiger partial charge in [0.05, 0.1) is 10.7 Å². The zero-order valence-corrected chi connectivity index (χ0v) is 12.5. The van der Waals surface area contributed by atoms with Crippen molar-refractivity contribution in [3.8, 4) is 0 Å². The lowest BCUT2D eigenvalue weighted by molar-refractivity contribution is 0.135. The van der Waals surface area contributed by atoms with Crippen LogP contribution in [-0.4, -0.2) is 51.6 Å². The maximum absolute atomic E-state index is 13.2. The lowest BCUT2D eigenvalue weighted by Crippen LogP contribution is -2.52. The molecule has 1 aromatic rings. The summed E-state index contributed by atoms with van der Waals surface area (Å²) >= 11 is 5.79. The Kier molecular flexibility index (Phi) is 4.50. The molecule has 0 radical (unpaired) electrons. The number of likely N-dealkylation sites (N-methyl/N-ethyl adjacent to an activating group) is 1. The van der Waals surface area contributed by atoms with Gasteiger partial charge in [0, 0.05) is 26.2 Å². The molecule has 112 valence electrons. The molecule has 1 aliphatic heterocycles. The van der Waals surface area contributed by atoms with Gasteiger partial charge in [0.2, 0.25) is 0 Å². The Balaban J connectivity index is 2.20. The van der Waals surface area contributed by atoms with Gasteiger partial charge >= 0.3 is 0 Å². The van der Waals surface area contributed by atoms with Gasteiger partial charge in [0.1, 0.15) is 10.7 Å². The summed E-state index contributed by atoms with van der Waals surface area (Å²) in [6, 6.07) is 1.92. The summed E-state index contributed by atoms with van der Waals surface area (Å²) in [7, 11) is -1.91. The standard InChI is InChI=1S/C11H16ClFN4O2S/c1-16-2-4-17(5-3-16)15-20(18,19)11-7-10(14)9(13)6-8(11)12/h6-7,15H,2-5,14H2,1H3. The van der Waals surface area contributed by atoms with Crippen molar-refractivity contribution in [3.63, 3.8) is 0 Å². The number of hydrogen-bond acceptors (Lipinski definition) is 5. The summed E-state index contributed by atoms with van der Waals surface area (Å²) < 4.78 is 37.7.